The summed E-state index contributed by atoms with van der Waals surface area (Å²) in [5.41, 5.74) is 7.65. The number of aryl methyl sites for hydroxylation is 5. The first kappa shape index (κ1) is 22.5. The highest BCUT2D eigenvalue weighted by molar-refractivity contribution is 5.94. The second-order valence-corrected chi connectivity index (χ2v) is 8.52. The maximum Gasteiger partial charge on any atom is 0.272 e. The van der Waals surface area contributed by atoms with E-state index in [2.05, 4.69) is 15.5 Å². The molecule has 33 heavy (non-hydrogen) atoms. The minimum absolute atomic E-state index is 0.105. The first-order valence-electron chi connectivity index (χ1n) is 11.0. The van der Waals surface area contributed by atoms with E-state index < -0.39 is 0 Å². The second kappa shape index (κ2) is 9.02. The molecule has 4 rings (SSSR count). The first-order chi connectivity index (χ1) is 15.7. The summed E-state index contributed by atoms with van der Waals surface area (Å²) in [6.07, 6.45) is 0.668. The Balaban J connectivity index is 1.49. The monoisotopic (exact) mass is 444 g/mol. The molecule has 2 aromatic heterocycles. The van der Waals surface area contributed by atoms with Crippen molar-refractivity contribution in [3.05, 3.63) is 91.7 Å². The van der Waals surface area contributed by atoms with Gasteiger partial charge in [0.1, 0.15) is 11.5 Å². The predicted octanol–water partition coefficient (Wildman–Crippen LogP) is 3.95. The van der Waals surface area contributed by atoms with Crippen LogP contribution in [-0.4, -0.2) is 27.2 Å². The lowest BCUT2D eigenvalue weighted by atomic mass is 10.1. The van der Waals surface area contributed by atoms with Crippen LogP contribution in [0, 0.1) is 34.6 Å². The van der Waals surface area contributed by atoms with E-state index in [4.69, 9.17) is 4.52 Å². The lowest BCUT2D eigenvalue weighted by Crippen LogP contribution is -2.26. The number of nitrogens with one attached hydrogen (secondary N) is 1. The van der Waals surface area contributed by atoms with Gasteiger partial charge in [-0.2, -0.15) is 0 Å². The molecule has 2 heterocycles. The lowest BCUT2D eigenvalue weighted by Gasteiger charge is -2.13. The molecule has 0 radical (unpaired) electrons. The van der Waals surface area contributed by atoms with Gasteiger partial charge in [-0.1, -0.05) is 17.3 Å². The van der Waals surface area contributed by atoms with Gasteiger partial charge in [-0.25, -0.2) is 4.98 Å². The number of nitrogens with zero attached hydrogens (tertiary/aromatic N) is 3. The molecule has 170 valence electrons. The summed E-state index contributed by atoms with van der Waals surface area (Å²) in [6, 6.07) is 11.4. The normalized spacial score (nSPS) is 11.2. The van der Waals surface area contributed by atoms with Gasteiger partial charge in [0, 0.05) is 17.7 Å². The third kappa shape index (κ3) is 4.58. The lowest BCUT2D eigenvalue weighted by molar-refractivity contribution is 0.0954. The number of fused-ring (bicyclic) bond motifs is 1. The standard InChI is InChI=1S/C26H28N4O3/c1-15-12-23-24(13-16(15)2)30(26(32)18(4)28-23)14-20-6-8-21(9-7-20)25(31)27-11-10-22-17(3)29-33-19(22)5/h6-9,12-13H,10-11,14H2,1-5H3,(H,27,31). The van der Waals surface area contributed by atoms with Crippen LogP contribution >= 0.6 is 0 Å². The highest BCUT2D eigenvalue weighted by Crippen LogP contribution is 2.18. The van der Waals surface area contributed by atoms with E-state index >= 15 is 0 Å². The summed E-state index contributed by atoms with van der Waals surface area (Å²) in [6.45, 7) is 10.5. The van der Waals surface area contributed by atoms with Gasteiger partial charge in [0.25, 0.3) is 11.5 Å². The Morgan fingerprint density at radius 1 is 1.00 bits per heavy atom. The number of hydrogen-bond acceptors (Lipinski definition) is 5. The van der Waals surface area contributed by atoms with Crippen molar-refractivity contribution >= 4 is 16.9 Å². The Morgan fingerprint density at radius 2 is 1.70 bits per heavy atom. The van der Waals surface area contributed by atoms with Crippen molar-refractivity contribution in [2.45, 2.75) is 47.6 Å². The van der Waals surface area contributed by atoms with Crippen molar-refractivity contribution in [2.75, 3.05) is 6.54 Å². The molecule has 0 bridgehead atoms. The van der Waals surface area contributed by atoms with Crippen molar-refractivity contribution in [3.8, 4) is 0 Å². The zero-order valence-corrected chi connectivity index (χ0v) is 19.7. The van der Waals surface area contributed by atoms with Crippen LogP contribution in [0.4, 0.5) is 0 Å². The van der Waals surface area contributed by atoms with Crippen LogP contribution in [0.3, 0.4) is 0 Å². The Bertz CT molecular complexity index is 1380. The molecule has 2 aromatic carbocycles. The molecule has 0 spiro atoms. The summed E-state index contributed by atoms with van der Waals surface area (Å²) in [5.74, 6) is 0.646. The number of carbonyl (C=O) groups is 1. The Kier molecular flexibility index (Phi) is 6.14. The van der Waals surface area contributed by atoms with Crippen LogP contribution in [-0.2, 0) is 13.0 Å². The fraction of sp³-hybridized carbons (Fsp3) is 0.308. The van der Waals surface area contributed by atoms with Crippen molar-refractivity contribution < 1.29 is 9.32 Å². The maximum absolute atomic E-state index is 12.8. The van der Waals surface area contributed by atoms with E-state index in [1.54, 1.807) is 23.6 Å². The molecule has 7 nitrogen and oxygen atoms in total. The quantitative estimate of drug-likeness (QED) is 0.486. The van der Waals surface area contributed by atoms with Crippen molar-refractivity contribution in [2.24, 2.45) is 0 Å². The molecule has 0 aliphatic rings. The number of amides is 1. The summed E-state index contributed by atoms with van der Waals surface area (Å²) in [4.78, 5) is 29.9. The number of aromatic nitrogens is 3. The van der Waals surface area contributed by atoms with Crippen LogP contribution < -0.4 is 10.9 Å². The molecule has 0 unspecified atom stereocenters. The topological polar surface area (TPSA) is 90.0 Å². The van der Waals surface area contributed by atoms with Crippen LogP contribution in [0.15, 0.2) is 45.7 Å². The van der Waals surface area contributed by atoms with Crippen LogP contribution in [0.2, 0.25) is 0 Å². The average Bonchev–Trinajstić information content (AvgIpc) is 3.11. The van der Waals surface area contributed by atoms with Gasteiger partial charge in [-0.3, -0.25) is 9.59 Å². The molecule has 0 aliphatic carbocycles. The predicted molar refractivity (Wildman–Crippen MR) is 128 cm³/mol. The average molecular weight is 445 g/mol. The Hall–Kier alpha value is -3.74. The van der Waals surface area contributed by atoms with Crippen molar-refractivity contribution in [1.29, 1.82) is 0 Å². The van der Waals surface area contributed by atoms with Gasteiger partial charge in [0.05, 0.1) is 23.3 Å². The summed E-state index contributed by atoms with van der Waals surface area (Å²) >= 11 is 0. The summed E-state index contributed by atoms with van der Waals surface area (Å²) < 4.78 is 6.92. The fourth-order valence-corrected chi connectivity index (χ4v) is 3.99. The van der Waals surface area contributed by atoms with Gasteiger partial charge in [-0.05, 0) is 82.0 Å². The second-order valence-electron chi connectivity index (χ2n) is 8.52. The van der Waals surface area contributed by atoms with Crippen molar-refractivity contribution in [3.63, 3.8) is 0 Å². The van der Waals surface area contributed by atoms with Gasteiger partial charge in [0.2, 0.25) is 0 Å². The third-order valence-electron chi connectivity index (χ3n) is 6.12. The molecule has 1 N–H and O–H groups in total. The molecule has 0 atom stereocenters. The molecule has 4 aromatic rings. The zero-order chi connectivity index (χ0) is 23.7. The first-order valence-corrected chi connectivity index (χ1v) is 11.0. The summed E-state index contributed by atoms with van der Waals surface area (Å²) in [7, 11) is 0. The van der Waals surface area contributed by atoms with Gasteiger partial charge in [-0.15, -0.1) is 0 Å². The van der Waals surface area contributed by atoms with Gasteiger partial charge in [0.15, 0.2) is 0 Å². The van der Waals surface area contributed by atoms with Crippen LogP contribution in [0.5, 0.6) is 0 Å². The minimum atomic E-state index is -0.137. The SMILES string of the molecule is Cc1cc2nc(C)c(=O)n(Cc3ccc(C(=O)NCCc4c(C)noc4C)cc3)c2cc1C. The minimum Gasteiger partial charge on any atom is -0.361 e. The number of benzene rings is 2. The molecular formula is C26H28N4O3. The van der Waals surface area contributed by atoms with E-state index in [-0.39, 0.29) is 11.5 Å². The van der Waals surface area contributed by atoms with Crippen molar-refractivity contribution in [1.82, 2.24) is 20.0 Å². The zero-order valence-electron chi connectivity index (χ0n) is 19.7. The molecule has 0 saturated heterocycles. The highest BCUT2D eigenvalue weighted by Gasteiger charge is 2.12. The molecule has 1 amide bonds. The van der Waals surface area contributed by atoms with Crippen LogP contribution in [0.25, 0.3) is 11.0 Å². The molecule has 0 saturated carbocycles. The number of hydrogen-bond donors (Lipinski definition) is 1. The smallest absolute Gasteiger partial charge is 0.272 e. The molecule has 7 heteroatoms. The Labute approximate surface area is 192 Å². The largest absolute Gasteiger partial charge is 0.361 e. The molecular weight excluding hydrogens is 416 g/mol. The fourth-order valence-electron chi connectivity index (χ4n) is 3.99. The van der Waals surface area contributed by atoms with E-state index in [0.29, 0.717) is 30.8 Å². The van der Waals surface area contributed by atoms with E-state index in [0.717, 1.165) is 44.7 Å². The molecule has 0 aliphatic heterocycles. The van der Waals surface area contributed by atoms with E-state index in [9.17, 15) is 9.59 Å². The summed E-state index contributed by atoms with van der Waals surface area (Å²) in [5, 5.41) is 6.88. The number of rotatable bonds is 6. The van der Waals surface area contributed by atoms with Gasteiger partial charge >= 0.3 is 0 Å². The van der Waals surface area contributed by atoms with E-state index in [1.807, 2.05) is 52.0 Å². The van der Waals surface area contributed by atoms with E-state index in [1.165, 1.54) is 0 Å². The molecule has 0 fully saturated rings. The Morgan fingerprint density at radius 3 is 2.36 bits per heavy atom. The van der Waals surface area contributed by atoms with Crippen LogP contribution in [0.1, 0.15) is 49.8 Å². The van der Waals surface area contributed by atoms with Gasteiger partial charge < -0.3 is 14.4 Å². The highest BCUT2D eigenvalue weighted by atomic mass is 16.5. The third-order valence-corrected chi connectivity index (χ3v) is 6.12. The number of carbonyl (C=O) groups excluding carboxylic acids is 1. The maximum atomic E-state index is 12.8.